The second-order valence-corrected chi connectivity index (χ2v) is 4.41. The minimum atomic E-state index is -0.569. The minimum Gasteiger partial charge on any atom is -0.467 e. The smallest absolute Gasteiger partial charge is 0.311 e. The van der Waals surface area contributed by atoms with Gasteiger partial charge in [0.05, 0.1) is 12.8 Å². The molecule has 0 aliphatic rings. The Bertz CT molecular complexity index is 387. The van der Waals surface area contributed by atoms with Gasteiger partial charge in [-0.1, -0.05) is 20.3 Å². The maximum Gasteiger partial charge on any atom is 0.311 e. The van der Waals surface area contributed by atoms with Gasteiger partial charge >= 0.3 is 11.8 Å². The maximum atomic E-state index is 12.0. The fraction of sp³-hybridized carbons (Fsp3) is 0.571. The van der Waals surface area contributed by atoms with Gasteiger partial charge in [-0.3, -0.25) is 9.59 Å². The van der Waals surface area contributed by atoms with Crippen molar-refractivity contribution in [3.05, 3.63) is 24.2 Å². The minimum absolute atomic E-state index is 0.241. The summed E-state index contributed by atoms with van der Waals surface area (Å²) >= 11 is 0. The number of furan rings is 1. The van der Waals surface area contributed by atoms with Crippen molar-refractivity contribution in [2.45, 2.75) is 39.7 Å². The lowest BCUT2D eigenvalue weighted by molar-refractivity contribution is -0.146. The molecule has 1 aromatic rings. The number of unbranched alkanes of at least 4 members (excludes halogenated alkanes) is 1. The number of hydrogen-bond acceptors (Lipinski definition) is 3. The molecule has 0 aromatic carbocycles. The summed E-state index contributed by atoms with van der Waals surface area (Å²) in [6, 6.07) is 3.50. The van der Waals surface area contributed by atoms with Crippen LogP contribution in [0.5, 0.6) is 0 Å². The molecule has 0 radical (unpaired) electrons. The molecule has 5 heteroatoms. The van der Waals surface area contributed by atoms with Crippen molar-refractivity contribution in [1.29, 1.82) is 0 Å². The van der Waals surface area contributed by atoms with Crippen LogP contribution in [-0.2, 0) is 16.1 Å². The van der Waals surface area contributed by atoms with Gasteiger partial charge in [-0.05, 0) is 25.0 Å². The Morgan fingerprint density at radius 1 is 1.26 bits per heavy atom. The zero-order valence-corrected chi connectivity index (χ0v) is 11.6. The fourth-order valence-electron chi connectivity index (χ4n) is 1.73. The van der Waals surface area contributed by atoms with Crippen LogP contribution in [0.1, 0.15) is 38.9 Å². The van der Waals surface area contributed by atoms with E-state index in [9.17, 15) is 9.59 Å². The first-order chi connectivity index (χ1) is 9.19. The first kappa shape index (κ1) is 15.3. The van der Waals surface area contributed by atoms with Crippen LogP contribution in [0, 0.1) is 0 Å². The molecule has 1 aromatic heterocycles. The Balaban J connectivity index is 2.45. The molecule has 0 saturated heterocycles. The Labute approximate surface area is 114 Å². The van der Waals surface area contributed by atoms with E-state index in [1.807, 2.05) is 6.92 Å². The average Bonchev–Trinajstić information content (AvgIpc) is 2.93. The molecule has 0 aliphatic carbocycles. The molecular formula is C14H22N2O3. The Hall–Kier alpha value is -1.78. The van der Waals surface area contributed by atoms with Gasteiger partial charge < -0.3 is 14.6 Å². The molecular weight excluding hydrogens is 244 g/mol. The Morgan fingerprint density at radius 2 is 2.05 bits per heavy atom. The summed E-state index contributed by atoms with van der Waals surface area (Å²) in [6.45, 7) is 5.55. The molecule has 1 rings (SSSR count). The van der Waals surface area contributed by atoms with Crippen molar-refractivity contribution in [2.24, 2.45) is 0 Å². The second kappa shape index (κ2) is 8.34. The molecule has 0 saturated carbocycles. The van der Waals surface area contributed by atoms with E-state index in [1.54, 1.807) is 17.0 Å². The lowest BCUT2D eigenvalue weighted by Crippen LogP contribution is -2.43. The zero-order valence-electron chi connectivity index (χ0n) is 11.6. The van der Waals surface area contributed by atoms with E-state index in [-0.39, 0.29) is 6.54 Å². The molecule has 1 heterocycles. The number of rotatable bonds is 7. The first-order valence-corrected chi connectivity index (χ1v) is 6.78. The molecule has 0 bridgehead atoms. The van der Waals surface area contributed by atoms with Crippen molar-refractivity contribution in [2.75, 3.05) is 13.1 Å². The lowest BCUT2D eigenvalue weighted by atomic mass is 10.3. The highest BCUT2D eigenvalue weighted by atomic mass is 16.3. The van der Waals surface area contributed by atoms with E-state index in [2.05, 4.69) is 12.2 Å². The van der Waals surface area contributed by atoms with Crippen molar-refractivity contribution in [3.63, 3.8) is 0 Å². The second-order valence-electron chi connectivity index (χ2n) is 4.41. The predicted molar refractivity (Wildman–Crippen MR) is 72.3 cm³/mol. The number of nitrogens with one attached hydrogen (secondary N) is 1. The van der Waals surface area contributed by atoms with Crippen LogP contribution in [0.25, 0.3) is 0 Å². The fourth-order valence-corrected chi connectivity index (χ4v) is 1.73. The number of amides is 2. The number of nitrogens with zero attached hydrogens (tertiary/aromatic N) is 1. The van der Waals surface area contributed by atoms with Gasteiger partial charge in [-0.15, -0.1) is 0 Å². The van der Waals surface area contributed by atoms with E-state index in [0.717, 1.165) is 19.3 Å². The SMILES string of the molecule is CCCCN(CCC)C(=O)C(=O)NCc1ccco1. The molecule has 19 heavy (non-hydrogen) atoms. The highest BCUT2D eigenvalue weighted by Gasteiger charge is 2.20. The molecule has 1 N–H and O–H groups in total. The van der Waals surface area contributed by atoms with Gasteiger partial charge in [-0.2, -0.15) is 0 Å². The zero-order chi connectivity index (χ0) is 14.1. The van der Waals surface area contributed by atoms with Crippen molar-refractivity contribution in [1.82, 2.24) is 10.2 Å². The van der Waals surface area contributed by atoms with Crippen LogP contribution < -0.4 is 5.32 Å². The summed E-state index contributed by atoms with van der Waals surface area (Å²) in [7, 11) is 0. The van der Waals surface area contributed by atoms with Crippen molar-refractivity contribution in [3.8, 4) is 0 Å². The molecule has 106 valence electrons. The topological polar surface area (TPSA) is 62.6 Å². The molecule has 0 aliphatic heterocycles. The number of hydrogen-bond donors (Lipinski definition) is 1. The molecule has 0 unspecified atom stereocenters. The standard InChI is InChI=1S/C14H22N2O3/c1-3-5-9-16(8-4-2)14(18)13(17)15-11-12-7-6-10-19-12/h6-7,10H,3-5,8-9,11H2,1-2H3,(H,15,17). The van der Waals surface area contributed by atoms with E-state index in [0.29, 0.717) is 18.8 Å². The van der Waals surface area contributed by atoms with Crippen LogP contribution in [0.4, 0.5) is 0 Å². The monoisotopic (exact) mass is 266 g/mol. The summed E-state index contributed by atoms with van der Waals surface area (Å²) in [5, 5.41) is 2.58. The largest absolute Gasteiger partial charge is 0.467 e. The summed E-state index contributed by atoms with van der Waals surface area (Å²) in [6.07, 6.45) is 4.30. The van der Waals surface area contributed by atoms with Crippen LogP contribution in [0.2, 0.25) is 0 Å². The average molecular weight is 266 g/mol. The highest BCUT2D eigenvalue weighted by molar-refractivity contribution is 6.34. The maximum absolute atomic E-state index is 12.0. The van der Waals surface area contributed by atoms with Crippen molar-refractivity contribution < 1.29 is 14.0 Å². The quantitative estimate of drug-likeness (QED) is 0.767. The van der Waals surface area contributed by atoms with Gasteiger partial charge in [0.15, 0.2) is 0 Å². The van der Waals surface area contributed by atoms with Gasteiger partial charge in [-0.25, -0.2) is 0 Å². The summed E-state index contributed by atoms with van der Waals surface area (Å²) in [4.78, 5) is 25.4. The predicted octanol–water partition coefficient (Wildman–Crippen LogP) is 1.93. The van der Waals surface area contributed by atoms with Gasteiger partial charge in [0, 0.05) is 13.1 Å². The van der Waals surface area contributed by atoms with Gasteiger partial charge in [0.25, 0.3) is 0 Å². The Morgan fingerprint density at radius 3 is 2.63 bits per heavy atom. The third-order valence-electron chi connectivity index (χ3n) is 2.76. The third-order valence-corrected chi connectivity index (χ3v) is 2.76. The van der Waals surface area contributed by atoms with Crippen LogP contribution in [0.3, 0.4) is 0 Å². The van der Waals surface area contributed by atoms with E-state index in [1.165, 1.54) is 6.26 Å². The highest BCUT2D eigenvalue weighted by Crippen LogP contribution is 2.01. The first-order valence-electron chi connectivity index (χ1n) is 6.78. The summed E-state index contributed by atoms with van der Waals surface area (Å²) in [5.74, 6) is -0.389. The summed E-state index contributed by atoms with van der Waals surface area (Å²) < 4.78 is 5.10. The van der Waals surface area contributed by atoms with Crippen LogP contribution in [-0.4, -0.2) is 29.8 Å². The molecule has 5 nitrogen and oxygen atoms in total. The molecule has 0 spiro atoms. The van der Waals surface area contributed by atoms with E-state index >= 15 is 0 Å². The van der Waals surface area contributed by atoms with Gasteiger partial charge in [0.1, 0.15) is 5.76 Å². The van der Waals surface area contributed by atoms with E-state index < -0.39 is 11.8 Å². The molecule has 2 amide bonds. The molecule has 0 atom stereocenters. The van der Waals surface area contributed by atoms with Crippen LogP contribution in [0.15, 0.2) is 22.8 Å². The lowest BCUT2D eigenvalue weighted by Gasteiger charge is -2.21. The summed E-state index contributed by atoms with van der Waals surface area (Å²) in [5.41, 5.74) is 0. The Kier molecular flexibility index (Phi) is 6.71. The van der Waals surface area contributed by atoms with Crippen molar-refractivity contribution >= 4 is 11.8 Å². The van der Waals surface area contributed by atoms with Crippen LogP contribution >= 0.6 is 0 Å². The van der Waals surface area contributed by atoms with Gasteiger partial charge in [0.2, 0.25) is 0 Å². The number of carbonyl (C=O) groups is 2. The third kappa shape index (κ3) is 5.16. The van der Waals surface area contributed by atoms with E-state index in [4.69, 9.17) is 4.42 Å². The normalized spacial score (nSPS) is 10.2. The molecule has 0 fully saturated rings. The number of carbonyl (C=O) groups excluding carboxylic acids is 2.